The number of halogens is 1. The first kappa shape index (κ1) is 39.8. The van der Waals surface area contributed by atoms with Crippen molar-refractivity contribution in [2.75, 3.05) is 27.4 Å². The van der Waals surface area contributed by atoms with Crippen molar-refractivity contribution in [1.82, 2.24) is 14.2 Å². The van der Waals surface area contributed by atoms with Gasteiger partial charge in [-0.1, -0.05) is 54.6 Å². The second-order valence-corrected chi connectivity index (χ2v) is 14.4. The van der Waals surface area contributed by atoms with E-state index in [1.807, 2.05) is 111 Å². The normalized spacial score (nSPS) is 19.4. The Balaban J connectivity index is 1.58. The minimum Gasteiger partial charge on any atom is -0.497 e. The molecule has 0 aliphatic carbocycles. The molecule has 0 bridgehead atoms. The zero-order valence-electron chi connectivity index (χ0n) is 30.7. The first-order valence-corrected chi connectivity index (χ1v) is 18.5. The highest BCUT2D eigenvalue weighted by Gasteiger charge is 2.51. The highest BCUT2D eigenvalue weighted by Crippen LogP contribution is 2.51. The van der Waals surface area contributed by atoms with Gasteiger partial charge < -0.3 is 28.0 Å². The van der Waals surface area contributed by atoms with Gasteiger partial charge in [0.05, 0.1) is 39.9 Å². The number of benzene rings is 3. The molecule has 1 unspecified atom stereocenters. The van der Waals surface area contributed by atoms with Gasteiger partial charge in [0, 0.05) is 24.3 Å². The van der Waals surface area contributed by atoms with Crippen LogP contribution in [0.5, 0.6) is 11.5 Å². The molecule has 14 heteroatoms. The first-order chi connectivity index (χ1) is 25.5. The zero-order chi connectivity index (χ0) is 38.1. The molecule has 1 aromatic heterocycles. The lowest BCUT2D eigenvalue weighted by Crippen LogP contribution is -2.40. The first-order valence-electron chi connectivity index (χ1n) is 17.4. The van der Waals surface area contributed by atoms with E-state index in [1.54, 1.807) is 14.2 Å². The molecule has 5 atom stereocenters. The third-order valence-corrected chi connectivity index (χ3v) is 11.0. The maximum absolute atomic E-state index is 17.1. The lowest BCUT2D eigenvalue weighted by molar-refractivity contribution is -0.0907. The van der Waals surface area contributed by atoms with E-state index in [4.69, 9.17) is 28.0 Å². The van der Waals surface area contributed by atoms with Crippen molar-refractivity contribution in [3.8, 4) is 17.6 Å². The van der Waals surface area contributed by atoms with Gasteiger partial charge >= 0.3 is 5.69 Å². The lowest BCUT2D eigenvalue weighted by atomic mass is 9.80. The van der Waals surface area contributed by atoms with Gasteiger partial charge in [0.25, 0.3) is 14.1 Å². The minimum absolute atomic E-state index is 0.0573. The maximum Gasteiger partial charge on any atom is 0.330 e. The second kappa shape index (κ2) is 18.1. The summed E-state index contributed by atoms with van der Waals surface area (Å²) in [5.74, 6) is 1.29. The topological polar surface area (TPSA) is 137 Å². The molecular weight excluding hydrogens is 702 g/mol. The van der Waals surface area contributed by atoms with Gasteiger partial charge in [0.2, 0.25) is 0 Å². The van der Waals surface area contributed by atoms with Crippen LogP contribution < -0.4 is 20.7 Å². The fourth-order valence-corrected chi connectivity index (χ4v) is 8.21. The van der Waals surface area contributed by atoms with Crippen LogP contribution in [0.15, 0.2) is 101 Å². The molecule has 3 aromatic carbocycles. The van der Waals surface area contributed by atoms with E-state index in [0.717, 1.165) is 27.3 Å². The molecule has 53 heavy (non-hydrogen) atoms. The smallest absolute Gasteiger partial charge is 0.330 e. The molecule has 0 radical (unpaired) electrons. The number of H-pyrrole nitrogens is 1. The molecule has 12 nitrogen and oxygen atoms in total. The zero-order valence-corrected chi connectivity index (χ0v) is 31.6. The van der Waals surface area contributed by atoms with Crippen LogP contribution in [0.3, 0.4) is 0 Å². The van der Waals surface area contributed by atoms with Gasteiger partial charge in [-0.15, -0.1) is 0 Å². The van der Waals surface area contributed by atoms with Gasteiger partial charge in [-0.3, -0.25) is 14.3 Å². The van der Waals surface area contributed by atoms with Crippen molar-refractivity contribution in [3.05, 3.63) is 129 Å². The number of aromatic nitrogens is 2. The van der Waals surface area contributed by atoms with Crippen LogP contribution in [0.1, 0.15) is 57.0 Å². The highest BCUT2D eigenvalue weighted by molar-refractivity contribution is 7.44. The molecule has 1 fully saturated rings. The summed E-state index contributed by atoms with van der Waals surface area (Å²) in [4.78, 5) is 27.4. The van der Waals surface area contributed by atoms with Crippen molar-refractivity contribution in [3.63, 3.8) is 0 Å². The van der Waals surface area contributed by atoms with Gasteiger partial charge in [0.15, 0.2) is 12.4 Å². The minimum atomic E-state index is -1.94. The summed E-state index contributed by atoms with van der Waals surface area (Å²) in [7, 11) is 1.23. The number of hydrogen-bond donors (Lipinski definition) is 1. The van der Waals surface area contributed by atoms with Gasteiger partial charge in [0.1, 0.15) is 29.3 Å². The molecule has 0 amide bonds. The van der Waals surface area contributed by atoms with E-state index in [1.165, 1.54) is 6.20 Å². The van der Waals surface area contributed by atoms with Crippen molar-refractivity contribution in [2.45, 2.75) is 76.4 Å². The van der Waals surface area contributed by atoms with E-state index in [2.05, 4.69) is 11.1 Å². The Bertz CT molecular complexity index is 1860. The molecular formula is C39H46FN4O8P. The fraction of sp³-hybridized carbons (Fsp3) is 0.410. The molecule has 5 rings (SSSR count). The summed E-state index contributed by atoms with van der Waals surface area (Å²) in [5.41, 5.74) is -0.432. The number of nitrogens with zero attached hydrogens (tertiary/aromatic N) is 3. The summed E-state index contributed by atoms with van der Waals surface area (Å²) in [6.45, 7) is 7.63. The molecule has 0 saturated carbocycles. The lowest BCUT2D eigenvalue weighted by Gasteiger charge is -2.38. The number of nitriles is 1. The number of nitrogens with one attached hydrogen (secondary N) is 1. The average molecular weight is 749 g/mol. The monoisotopic (exact) mass is 748 g/mol. The Hall–Kier alpha value is -4.41. The number of ether oxygens (including phenoxy) is 4. The Morgan fingerprint density at radius 2 is 1.47 bits per heavy atom. The largest absolute Gasteiger partial charge is 0.497 e. The molecule has 0 spiro atoms. The SMILES string of the molecule is COc1ccc(C(OC[C@H]2O[C@@H](n3ccc(=O)[nH]c3=O)[C@H](OP(OCCC#N)N(C(C)C)C(C)C)[C@H]2F)(c2ccccc2)c2ccc(OC)cc2)cc1. The summed E-state index contributed by atoms with van der Waals surface area (Å²) < 4.78 is 57.0. The van der Waals surface area contributed by atoms with E-state index in [0.29, 0.717) is 11.5 Å². The van der Waals surface area contributed by atoms with Crippen molar-refractivity contribution in [2.24, 2.45) is 0 Å². The number of aromatic amines is 1. The van der Waals surface area contributed by atoms with Gasteiger partial charge in [-0.2, -0.15) is 5.26 Å². The standard InChI is InChI=1S/C39H46FN4O8P/c1-26(2)44(27(3)4)53(50-24-10-22-41)52-36-35(40)33(51-37(36)43-23-21-34(45)42-38(43)46)25-49-39(28-11-8-7-9-12-28,29-13-17-31(47-5)18-14-29)30-15-19-32(48-6)20-16-30/h7-9,11-21,23,26-27,33,35-37H,10,24-25H2,1-6H3,(H,42,45,46)/t33-,35+,36-,37-,53?/m1/s1. The van der Waals surface area contributed by atoms with E-state index < -0.39 is 50.0 Å². The van der Waals surface area contributed by atoms with Crippen LogP contribution in [0.4, 0.5) is 4.39 Å². The molecule has 1 aliphatic heterocycles. The van der Waals surface area contributed by atoms with Crippen LogP contribution in [-0.2, 0) is 24.1 Å². The Kier molecular flexibility index (Phi) is 13.6. The Morgan fingerprint density at radius 1 is 0.906 bits per heavy atom. The predicted molar refractivity (Wildman–Crippen MR) is 198 cm³/mol. The van der Waals surface area contributed by atoms with Crippen molar-refractivity contribution in [1.29, 1.82) is 5.26 Å². The Labute approximate surface area is 310 Å². The summed E-state index contributed by atoms with van der Waals surface area (Å²) >= 11 is 0. The highest BCUT2D eigenvalue weighted by atomic mass is 31.2. The van der Waals surface area contributed by atoms with E-state index in [-0.39, 0.29) is 31.7 Å². The maximum atomic E-state index is 17.1. The predicted octanol–water partition coefficient (Wildman–Crippen LogP) is 6.46. The molecule has 1 aliphatic rings. The number of hydrogen-bond acceptors (Lipinski definition) is 10. The van der Waals surface area contributed by atoms with Gasteiger partial charge in [-0.05, 0) is 68.7 Å². The second-order valence-electron chi connectivity index (χ2n) is 13.0. The molecule has 282 valence electrons. The van der Waals surface area contributed by atoms with Crippen LogP contribution in [0.25, 0.3) is 0 Å². The molecule has 1 N–H and O–H groups in total. The quantitative estimate of drug-likeness (QED) is 0.0728. The van der Waals surface area contributed by atoms with Crippen molar-refractivity contribution < 1.29 is 32.4 Å². The van der Waals surface area contributed by atoms with Crippen LogP contribution in [-0.4, -0.2) is 72.1 Å². The summed E-state index contributed by atoms with van der Waals surface area (Å²) in [6, 6.07) is 27.5. The average Bonchev–Trinajstić information content (AvgIpc) is 3.46. The van der Waals surface area contributed by atoms with Crippen LogP contribution >= 0.6 is 8.53 Å². The third kappa shape index (κ3) is 8.87. The summed E-state index contributed by atoms with van der Waals surface area (Å²) in [5, 5.41) is 9.21. The number of rotatable bonds is 17. The van der Waals surface area contributed by atoms with Crippen LogP contribution in [0.2, 0.25) is 0 Å². The Morgan fingerprint density at radius 3 is 1.98 bits per heavy atom. The van der Waals surface area contributed by atoms with E-state index >= 15 is 4.39 Å². The van der Waals surface area contributed by atoms with E-state index in [9.17, 15) is 14.9 Å². The number of methoxy groups -OCH3 is 2. The molecule has 2 heterocycles. The third-order valence-electron chi connectivity index (χ3n) is 8.90. The van der Waals surface area contributed by atoms with Gasteiger partial charge in [-0.25, -0.2) is 13.9 Å². The summed E-state index contributed by atoms with van der Waals surface area (Å²) in [6.07, 6.45) is -4.39. The molecule has 4 aromatic rings. The van der Waals surface area contributed by atoms with Crippen molar-refractivity contribution >= 4 is 8.53 Å². The molecule has 1 saturated heterocycles. The van der Waals surface area contributed by atoms with Crippen LogP contribution in [0, 0.1) is 11.3 Å². The number of alkyl halides is 1. The fourth-order valence-electron chi connectivity index (χ4n) is 6.47.